The summed E-state index contributed by atoms with van der Waals surface area (Å²) in [5.41, 5.74) is 0.301. The fourth-order valence-corrected chi connectivity index (χ4v) is 2.85. The lowest BCUT2D eigenvalue weighted by atomic mass is 10.2. The van der Waals surface area contributed by atoms with Gasteiger partial charge in [0.15, 0.2) is 11.5 Å². The van der Waals surface area contributed by atoms with Gasteiger partial charge in [0.1, 0.15) is 11.4 Å². The number of hydrogen-bond acceptors (Lipinski definition) is 7. The summed E-state index contributed by atoms with van der Waals surface area (Å²) >= 11 is 0. The molecule has 10 heteroatoms. The molecule has 31 heavy (non-hydrogen) atoms. The number of benzene rings is 2. The monoisotopic (exact) mass is 434 g/mol. The van der Waals surface area contributed by atoms with Gasteiger partial charge >= 0.3 is 6.18 Å². The van der Waals surface area contributed by atoms with Crippen molar-refractivity contribution in [2.75, 3.05) is 32.0 Å². The molecule has 2 aromatic carbocycles. The highest BCUT2D eigenvalue weighted by Gasteiger charge is 2.35. The number of alkyl halides is 3. The lowest BCUT2D eigenvalue weighted by Gasteiger charge is -2.16. The number of halogens is 3. The van der Waals surface area contributed by atoms with Crippen LogP contribution in [0.25, 0.3) is 0 Å². The second kappa shape index (κ2) is 9.41. The third kappa shape index (κ3) is 5.27. The van der Waals surface area contributed by atoms with Gasteiger partial charge in [0.05, 0.1) is 21.3 Å². The molecule has 0 amide bonds. The zero-order valence-electron chi connectivity index (χ0n) is 17.1. The zero-order chi connectivity index (χ0) is 22.4. The molecule has 0 atom stereocenters. The minimum atomic E-state index is -4.61. The fourth-order valence-electron chi connectivity index (χ4n) is 2.85. The van der Waals surface area contributed by atoms with E-state index in [9.17, 15) is 13.2 Å². The van der Waals surface area contributed by atoms with Crippen molar-refractivity contribution >= 4 is 17.5 Å². The van der Waals surface area contributed by atoms with Gasteiger partial charge in [-0.05, 0) is 5.56 Å². The highest BCUT2D eigenvalue weighted by molar-refractivity contribution is 5.66. The van der Waals surface area contributed by atoms with Crippen molar-refractivity contribution in [2.24, 2.45) is 0 Å². The van der Waals surface area contributed by atoms with Crippen LogP contribution >= 0.6 is 0 Å². The van der Waals surface area contributed by atoms with Gasteiger partial charge in [-0.25, -0.2) is 4.98 Å². The third-order valence-corrected chi connectivity index (χ3v) is 4.32. The number of nitrogens with zero attached hydrogens (tertiary/aromatic N) is 2. The predicted octanol–water partition coefficient (Wildman–Crippen LogP) is 4.88. The SMILES string of the molecule is COc1cc(Nc2ncc(C(F)(F)F)c(NCc3ccccc3)n2)cc(OC)c1OC. The molecule has 3 rings (SSSR count). The summed E-state index contributed by atoms with van der Waals surface area (Å²) in [6.07, 6.45) is -3.87. The molecule has 1 aromatic heterocycles. The lowest BCUT2D eigenvalue weighted by Crippen LogP contribution is -2.14. The van der Waals surface area contributed by atoms with Crippen LogP contribution in [0.3, 0.4) is 0 Å². The molecule has 0 saturated carbocycles. The first kappa shape index (κ1) is 22.0. The van der Waals surface area contributed by atoms with Gasteiger partial charge < -0.3 is 24.8 Å². The first-order valence-electron chi connectivity index (χ1n) is 9.14. The van der Waals surface area contributed by atoms with Crippen molar-refractivity contribution in [3.05, 3.63) is 59.8 Å². The predicted molar refractivity (Wildman–Crippen MR) is 110 cm³/mol. The van der Waals surface area contributed by atoms with Crippen molar-refractivity contribution in [3.63, 3.8) is 0 Å². The zero-order valence-corrected chi connectivity index (χ0v) is 17.1. The largest absolute Gasteiger partial charge is 0.493 e. The van der Waals surface area contributed by atoms with E-state index in [2.05, 4.69) is 20.6 Å². The highest BCUT2D eigenvalue weighted by atomic mass is 19.4. The smallest absolute Gasteiger partial charge is 0.421 e. The number of rotatable bonds is 8. The molecule has 7 nitrogen and oxygen atoms in total. The molecule has 0 aliphatic rings. The number of aromatic nitrogens is 2. The molecular formula is C21H21F3N4O3. The van der Waals surface area contributed by atoms with Crippen LogP contribution in [0.15, 0.2) is 48.7 Å². The molecule has 2 N–H and O–H groups in total. The van der Waals surface area contributed by atoms with Gasteiger partial charge in [-0.1, -0.05) is 30.3 Å². The molecule has 0 bridgehead atoms. The van der Waals surface area contributed by atoms with E-state index in [0.29, 0.717) is 22.9 Å². The highest BCUT2D eigenvalue weighted by Crippen LogP contribution is 2.40. The molecule has 0 unspecified atom stereocenters. The minimum Gasteiger partial charge on any atom is -0.493 e. The van der Waals surface area contributed by atoms with Crippen molar-refractivity contribution in [1.82, 2.24) is 9.97 Å². The minimum absolute atomic E-state index is 0.0298. The van der Waals surface area contributed by atoms with Gasteiger partial charge in [0.2, 0.25) is 11.7 Å². The van der Waals surface area contributed by atoms with E-state index in [1.807, 2.05) is 6.07 Å². The number of anilines is 3. The van der Waals surface area contributed by atoms with Gasteiger partial charge in [-0.15, -0.1) is 0 Å². The van der Waals surface area contributed by atoms with Crippen molar-refractivity contribution in [2.45, 2.75) is 12.7 Å². The molecule has 0 aliphatic carbocycles. The molecule has 3 aromatic rings. The quantitative estimate of drug-likeness (QED) is 0.523. The van der Waals surface area contributed by atoms with Crippen LogP contribution in [0.2, 0.25) is 0 Å². The first-order valence-corrected chi connectivity index (χ1v) is 9.14. The van der Waals surface area contributed by atoms with Crippen LogP contribution in [0.1, 0.15) is 11.1 Å². The molecule has 0 saturated heterocycles. The summed E-state index contributed by atoms with van der Waals surface area (Å²) in [6.45, 7) is 0.171. The molecule has 164 valence electrons. The molecule has 0 fully saturated rings. The maximum Gasteiger partial charge on any atom is 0.421 e. The Morgan fingerprint density at radius 2 is 1.58 bits per heavy atom. The Morgan fingerprint density at radius 1 is 0.935 bits per heavy atom. The second-order valence-electron chi connectivity index (χ2n) is 6.33. The van der Waals surface area contributed by atoms with Crippen LogP contribution in [-0.2, 0) is 12.7 Å². The molecule has 0 aliphatic heterocycles. The topological polar surface area (TPSA) is 77.5 Å². The Morgan fingerprint density at radius 3 is 2.13 bits per heavy atom. The third-order valence-electron chi connectivity index (χ3n) is 4.32. The van der Waals surface area contributed by atoms with Gasteiger partial charge in [-0.2, -0.15) is 18.2 Å². The first-order chi connectivity index (χ1) is 14.9. The normalized spacial score (nSPS) is 11.0. The van der Waals surface area contributed by atoms with Crippen LogP contribution in [0.5, 0.6) is 17.2 Å². The van der Waals surface area contributed by atoms with E-state index in [-0.39, 0.29) is 18.3 Å². The fraction of sp³-hybridized carbons (Fsp3) is 0.238. The van der Waals surface area contributed by atoms with Crippen LogP contribution in [0.4, 0.5) is 30.6 Å². The molecular weight excluding hydrogens is 413 g/mol. The summed E-state index contributed by atoms with van der Waals surface area (Å²) in [4.78, 5) is 7.85. The van der Waals surface area contributed by atoms with E-state index < -0.39 is 11.7 Å². The van der Waals surface area contributed by atoms with E-state index in [4.69, 9.17) is 14.2 Å². The maximum absolute atomic E-state index is 13.4. The van der Waals surface area contributed by atoms with Gasteiger partial charge in [-0.3, -0.25) is 0 Å². The van der Waals surface area contributed by atoms with Gasteiger partial charge in [0.25, 0.3) is 0 Å². The van der Waals surface area contributed by atoms with E-state index in [1.54, 1.807) is 36.4 Å². The maximum atomic E-state index is 13.4. The van der Waals surface area contributed by atoms with E-state index in [1.165, 1.54) is 21.3 Å². The summed E-state index contributed by atoms with van der Waals surface area (Å²) < 4.78 is 56.1. The Labute approximate surface area is 177 Å². The number of ether oxygens (including phenoxy) is 3. The number of methoxy groups -OCH3 is 3. The summed E-state index contributed by atoms with van der Waals surface area (Å²) in [6, 6.07) is 12.2. The molecule has 0 spiro atoms. The van der Waals surface area contributed by atoms with Crippen molar-refractivity contribution in [1.29, 1.82) is 0 Å². The molecule has 0 radical (unpaired) electrons. The Kier molecular flexibility index (Phi) is 6.68. The van der Waals surface area contributed by atoms with Crippen molar-refractivity contribution < 1.29 is 27.4 Å². The Hall–Kier alpha value is -3.69. The number of nitrogens with one attached hydrogen (secondary N) is 2. The second-order valence-corrected chi connectivity index (χ2v) is 6.33. The van der Waals surface area contributed by atoms with E-state index in [0.717, 1.165) is 11.8 Å². The molecule has 1 heterocycles. The van der Waals surface area contributed by atoms with Crippen molar-refractivity contribution in [3.8, 4) is 17.2 Å². The van der Waals surface area contributed by atoms with E-state index >= 15 is 0 Å². The summed E-state index contributed by atoms with van der Waals surface area (Å²) in [5.74, 6) is 0.769. The lowest BCUT2D eigenvalue weighted by molar-refractivity contribution is -0.137. The average molecular weight is 434 g/mol. The average Bonchev–Trinajstić information content (AvgIpc) is 2.77. The van der Waals surface area contributed by atoms with Crippen LogP contribution in [-0.4, -0.2) is 31.3 Å². The number of hydrogen-bond donors (Lipinski definition) is 2. The van der Waals surface area contributed by atoms with Gasteiger partial charge in [0, 0.05) is 30.6 Å². The Bertz CT molecular complexity index is 1010. The van der Waals surface area contributed by atoms with Crippen LogP contribution < -0.4 is 24.8 Å². The van der Waals surface area contributed by atoms with Crippen LogP contribution in [0, 0.1) is 0 Å². The summed E-state index contributed by atoms with van der Waals surface area (Å²) in [5, 5.41) is 5.62. The summed E-state index contributed by atoms with van der Waals surface area (Å²) in [7, 11) is 4.39. The standard InChI is InChI=1S/C21H21F3N4O3/c1-29-16-9-14(10-17(30-2)18(16)31-3)27-20-26-12-15(21(22,23)24)19(28-20)25-11-13-7-5-4-6-8-13/h4-10,12H,11H2,1-3H3,(H2,25,26,27,28). The Balaban J connectivity index is 1.91.